The van der Waals surface area contributed by atoms with Crippen LogP contribution in [0.25, 0.3) is 0 Å². The first-order valence-corrected chi connectivity index (χ1v) is 7.09. The summed E-state index contributed by atoms with van der Waals surface area (Å²) in [6.45, 7) is 6.88. The molecule has 19 heavy (non-hydrogen) atoms. The van der Waals surface area contributed by atoms with Crippen molar-refractivity contribution in [2.45, 2.75) is 26.3 Å². The molecule has 1 saturated heterocycles. The Labute approximate surface area is 115 Å². The van der Waals surface area contributed by atoms with Gasteiger partial charge in [-0.3, -0.25) is 4.98 Å². The van der Waals surface area contributed by atoms with E-state index in [1.807, 2.05) is 12.4 Å². The Morgan fingerprint density at radius 3 is 3.16 bits per heavy atom. The van der Waals surface area contributed by atoms with Crippen molar-refractivity contribution in [3.8, 4) is 0 Å². The van der Waals surface area contributed by atoms with Crippen LogP contribution in [-0.4, -0.2) is 43.3 Å². The lowest BCUT2D eigenvalue weighted by atomic mass is 10.1. The normalized spacial score (nSPS) is 19.1. The zero-order chi connectivity index (χ0) is 13.5. The molecule has 106 valence electrons. The van der Waals surface area contributed by atoms with Crippen LogP contribution >= 0.6 is 0 Å². The van der Waals surface area contributed by atoms with E-state index in [9.17, 15) is 0 Å². The van der Waals surface area contributed by atoms with Crippen LogP contribution in [0.2, 0.25) is 0 Å². The number of nitrogens with one attached hydrogen (secondary N) is 1. The number of anilines is 1. The topological polar surface area (TPSA) is 50.3 Å². The largest absolute Gasteiger partial charge is 0.384 e. The molecule has 1 aliphatic rings. The van der Waals surface area contributed by atoms with Crippen LogP contribution in [0.5, 0.6) is 0 Å². The standard InChI is InChI=1S/C14H24N4O/c1-3-5-15-7-13-8-16-9-14(17-13)18-6-4-12(10-18)11-19-2/h8-9,12,15H,3-7,10-11H2,1-2H3. The van der Waals surface area contributed by atoms with Gasteiger partial charge in [-0.25, -0.2) is 4.98 Å². The van der Waals surface area contributed by atoms with Gasteiger partial charge in [-0.2, -0.15) is 0 Å². The molecule has 1 fully saturated rings. The van der Waals surface area contributed by atoms with Crippen molar-refractivity contribution in [1.82, 2.24) is 15.3 Å². The first-order valence-electron chi connectivity index (χ1n) is 7.09. The summed E-state index contributed by atoms with van der Waals surface area (Å²) in [5, 5.41) is 3.36. The minimum atomic E-state index is 0.619. The minimum absolute atomic E-state index is 0.619. The minimum Gasteiger partial charge on any atom is -0.384 e. The van der Waals surface area contributed by atoms with Crippen molar-refractivity contribution in [2.75, 3.05) is 38.3 Å². The van der Waals surface area contributed by atoms with Crippen LogP contribution in [0.4, 0.5) is 5.82 Å². The molecule has 5 heteroatoms. The summed E-state index contributed by atoms with van der Waals surface area (Å²) in [7, 11) is 1.77. The van der Waals surface area contributed by atoms with Crippen molar-refractivity contribution in [2.24, 2.45) is 5.92 Å². The highest BCUT2D eigenvalue weighted by Crippen LogP contribution is 2.21. The third-order valence-electron chi connectivity index (χ3n) is 3.42. The van der Waals surface area contributed by atoms with Crippen molar-refractivity contribution in [1.29, 1.82) is 0 Å². The Hall–Kier alpha value is -1.20. The number of nitrogens with zero attached hydrogens (tertiary/aromatic N) is 3. The molecule has 1 aliphatic heterocycles. The summed E-state index contributed by atoms with van der Waals surface area (Å²) < 4.78 is 5.23. The van der Waals surface area contributed by atoms with Crippen LogP contribution in [0.1, 0.15) is 25.5 Å². The van der Waals surface area contributed by atoms with Gasteiger partial charge in [0.2, 0.25) is 0 Å². The van der Waals surface area contributed by atoms with Crippen LogP contribution in [0.3, 0.4) is 0 Å². The zero-order valence-electron chi connectivity index (χ0n) is 11.9. The van der Waals surface area contributed by atoms with Crippen molar-refractivity contribution < 1.29 is 4.74 Å². The van der Waals surface area contributed by atoms with E-state index in [2.05, 4.69) is 27.1 Å². The van der Waals surface area contributed by atoms with Gasteiger partial charge in [0.15, 0.2) is 0 Å². The summed E-state index contributed by atoms with van der Waals surface area (Å²) >= 11 is 0. The van der Waals surface area contributed by atoms with E-state index in [4.69, 9.17) is 4.74 Å². The van der Waals surface area contributed by atoms with Gasteiger partial charge in [-0.1, -0.05) is 6.92 Å². The number of aromatic nitrogens is 2. The molecule has 2 heterocycles. The van der Waals surface area contributed by atoms with Crippen molar-refractivity contribution in [3.05, 3.63) is 18.1 Å². The molecule has 5 nitrogen and oxygen atoms in total. The zero-order valence-corrected chi connectivity index (χ0v) is 11.9. The van der Waals surface area contributed by atoms with E-state index in [1.54, 1.807) is 7.11 Å². The van der Waals surface area contributed by atoms with Crippen molar-refractivity contribution >= 4 is 5.82 Å². The van der Waals surface area contributed by atoms with E-state index in [1.165, 1.54) is 6.42 Å². The van der Waals surface area contributed by atoms with Crippen LogP contribution in [0.15, 0.2) is 12.4 Å². The fourth-order valence-corrected chi connectivity index (χ4v) is 2.44. The highest BCUT2D eigenvalue weighted by Gasteiger charge is 2.23. The summed E-state index contributed by atoms with van der Waals surface area (Å²) in [5.74, 6) is 1.61. The van der Waals surface area contributed by atoms with E-state index < -0.39 is 0 Å². The fourth-order valence-electron chi connectivity index (χ4n) is 2.44. The van der Waals surface area contributed by atoms with E-state index in [0.29, 0.717) is 5.92 Å². The predicted octanol–water partition coefficient (Wildman–Crippen LogP) is 1.45. The van der Waals surface area contributed by atoms with Crippen LogP contribution in [0, 0.1) is 5.92 Å². The van der Waals surface area contributed by atoms with Crippen LogP contribution < -0.4 is 10.2 Å². The van der Waals surface area contributed by atoms with E-state index >= 15 is 0 Å². The van der Waals surface area contributed by atoms with Gasteiger partial charge in [0.05, 0.1) is 18.5 Å². The Bertz CT molecular complexity index is 385. The molecule has 0 saturated carbocycles. The lowest BCUT2D eigenvalue weighted by molar-refractivity contribution is 0.161. The highest BCUT2D eigenvalue weighted by atomic mass is 16.5. The SMILES string of the molecule is CCCNCc1cncc(N2CCC(COC)C2)n1. The van der Waals surface area contributed by atoms with E-state index in [0.717, 1.165) is 50.7 Å². The average Bonchev–Trinajstić information content (AvgIpc) is 2.89. The summed E-state index contributed by atoms with van der Waals surface area (Å²) in [5.41, 5.74) is 1.01. The smallest absolute Gasteiger partial charge is 0.147 e. The van der Waals surface area contributed by atoms with Gasteiger partial charge in [0.1, 0.15) is 5.82 Å². The summed E-state index contributed by atoms with van der Waals surface area (Å²) in [4.78, 5) is 11.3. The maximum absolute atomic E-state index is 5.23. The molecule has 2 rings (SSSR count). The molecule has 0 bridgehead atoms. The molecule has 0 radical (unpaired) electrons. The lowest BCUT2D eigenvalue weighted by Crippen LogP contribution is -2.23. The van der Waals surface area contributed by atoms with Gasteiger partial charge in [0.25, 0.3) is 0 Å². The van der Waals surface area contributed by atoms with Gasteiger partial charge in [-0.05, 0) is 19.4 Å². The molecule has 0 aliphatic carbocycles. The Morgan fingerprint density at radius 1 is 1.47 bits per heavy atom. The molecular weight excluding hydrogens is 240 g/mol. The van der Waals surface area contributed by atoms with Gasteiger partial charge in [0, 0.05) is 38.9 Å². The molecule has 1 aromatic heterocycles. The second-order valence-corrected chi connectivity index (χ2v) is 5.10. The molecule has 0 spiro atoms. The predicted molar refractivity (Wildman–Crippen MR) is 76.2 cm³/mol. The molecule has 1 atom stereocenters. The molecule has 0 amide bonds. The van der Waals surface area contributed by atoms with Crippen molar-refractivity contribution in [3.63, 3.8) is 0 Å². The summed E-state index contributed by atoms with van der Waals surface area (Å²) in [6, 6.07) is 0. The second-order valence-electron chi connectivity index (χ2n) is 5.10. The Balaban J connectivity index is 1.91. The third kappa shape index (κ3) is 4.14. The first-order chi connectivity index (χ1) is 9.33. The molecule has 0 aromatic carbocycles. The summed E-state index contributed by atoms with van der Waals surface area (Å²) in [6.07, 6.45) is 6.01. The number of methoxy groups -OCH3 is 1. The van der Waals surface area contributed by atoms with Crippen LogP contribution in [-0.2, 0) is 11.3 Å². The number of hydrogen-bond donors (Lipinski definition) is 1. The third-order valence-corrected chi connectivity index (χ3v) is 3.42. The molecule has 1 unspecified atom stereocenters. The van der Waals surface area contributed by atoms with E-state index in [-0.39, 0.29) is 0 Å². The Morgan fingerprint density at radius 2 is 2.37 bits per heavy atom. The molecular formula is C14H24N4O. The first kappa shape index (κ1) is 14.2. The Kier molecular flexibility index (Phi) is 5.54. The molecule has 1 aromatic rings. The maximum atomic E-state index is 5.23. The van der Waals surface area contributed by atoms with Gasteiger partial charge in [-0.15, -0.1) is 0 Å². The maximum Gasteiger partial charge on any atom is 0.147 e. The second kappa shape index (κ2) is 7.40. The lowest BCUT2D eigenvalue weighted by Gasteiger charge is -2.17. The van der Waals surface area contributed by atoms with Gasteiger partial charge < -0.3 is 15.0 Å². The van der Waals surface area contributed by atoms with Gasteiger partial charge >= 0.3 is 0 Å². The number of ether oxygens (including phenoxy) is 1. The quantitative estimate of drug-likeness (QED) is 0.755. The monoisotopic (exact) mass is 264 g/mol. The number of rotatable bonds is 7. The fraction of sp³-hybridized carbons (Fsp3) is 0.714. The highest BCUT2D eigenvalue weighted by molar-refractivity contribution is 5.37. The molecule has 1 N–H and O–H groups in total. The average molecular weight is 264 g/mol. The number of hydrogen-bond acceptors (Lipinski definition) is 5.